The first kappa shape index (κ1) is 15.7. The molecule has 120 valence electrons. The van der Waals surface area contributed by atoms with Gasteiger partial charge in [0.05, 0.1) is 22.2 Å². The number of carbonyl (C=O) groups is 1. The number of hydrogen-bond acceptors (Lipinski definition) is 6. The van der Waals surface area contributed by atoms with Gasteiger partial charge in [-0.25, -0.2) is 9.97 Å². The van der Waals surface area contributed by atoms with E-state index in [9.17, 15) is 4.79 Å². The van der Waals surface area contributed by atoms with Crippen molar-refractivity contribution < 1.29 is 4.79 Å². The Hall–Kier alpha value is -2.20. The SMILES string of the molecule is CCCC(=O)Nc1nccc2nc(N3CCC[C@H](C#N)C3)sc12. The highest BCUT2D eigenvalue weighted by molar-refractivity contribution is 7.22. The lowest BCUT2D eigenvalue weighted by atomic mass is 10.0. The normalized spacial score (nSPS) is 17.9. The molecule has 0 unspecified atom stereocenters. The second kappa shape index (κ2) is 6.92. The monoisotopic (exact) mass is 329 g/mol. The zero-order valence-electron chi connectivity index (χ0n) is 13.1. The number of amides is 1. The Labute approximate surface area is 139 Å². The molecule has 23 heavy (non-hydrogen) atoms. The molecule has 3 rings (SSSR count). The van der Waals surface area contributed by atoms with Crippen LogP contribution < -0.4 is 10.2 Å². The van der Waals surface area contributed by atoms with Crippen LogP contribution in [0.15, 0.2) is 12.3 Å². The smallest absolute Gasteiger partial charge is 0.225 e. The third kappa shape index (κ3) is 3.42. The highest BCUT2D eigenvalue weighted by atomic mass is 32.1. The maximum absolute atomic E-state index is 11.8. The minimum absolute atomic E-state index is 0.0232. The lowest BCUT2D eigenvalue weighted by Gasteiger charge is -2.28. The second-order valence-electron chi connectivity index (χ2n) is 5.72. The molecule has 2 aromatic rings. The number of nitrogens with one attached hydrogen (secondary N) is 1. The van der Waals surface area contributed by atoms with Crippen LogP contribution in [0.1, 0.15) is 32.6 Å². The van der Waals surface area contributed by atoms with Gasteiger partial charge >= 0.3 is 0 Å². The standard InChI is InChI=1S/C16H19N5OS/c1-2-4-13(22)20-15-14-12(6-7-18-15)19-16(23-14)21-8-3-5-11(9-17)10-21/h6-7,11H,2-5,8,10H2,1H3,(H,18,20,22)/t11-/m1/s1. The predicted molar refractivity (Wildman–Crippen MR) is 91.5 cm³/mol. The van der Waals surface area contributed by atoms with E-state index in [-0.39, 0.29) is 11.8 Å². The van der Waals surface area contributed by atoms with Crippen molar-refractivity contribution in [2.45, 2.75) is 32.6 Å². The molecule has 3 heterocycles. The van der Waals surface area contributed by atoms with Gasteiger partial charge in [0, 0.05) is 25.7 Å². The lowest BCUT2D eigenvalue weighted by Crippen LogP contribution is -2.34. The van der Waals surface area contributed by atoms with E-state index in [1.807, 2.05) is 13.0 Å². The van der Waals surface area contributed by atoms with Gasteiger partial charge in [-0.15, -0.1) is 0 Å². The number of hydrogen-bond donors (Lipinski definition) is 1. The van der Waals surface area contributed by atoms with Crippen LogP contribution in [0.2, 0.25) is 0 Å². The Morgan fingerprint density at radius 2 is 2.48 bits per heavy atom. The largest absolute Gasteiger partial charge is 0.347 e. The summed E-state index contributed by atoms with van der Waals surface area (Å²) in [4.78, 5) is 22.9. The molecule has 6 nitrogen and oxygen atoms in total. The van der Waals surface area contributed by atoms with E-state index >= 15 is 0 Å². The van der Waals surface area contributed by atoms with Gasteiger partial charge in [-0.3, -0.25) is 4.79 Å². The molecule has 0 radical (unpaired) electrons. The minimum Gasteiger partial charge on any atom is -0.347 e. The molecule has 0 aromatic carbocycles. The third-order valence-corrected chi connectivity index (χ3v) is 5.04. The Bertz CT molecular complexity index is 750. The van der Waals surface area contributed by atoms with Crippen LogP contribution in [0.3, 0.4) is 0 Å². The van der Waals surface area contributed by atoms with Crippen LogP contribution in [-0.4, -0.2) is 29.0 Å². The van der Waals surface area contributed by atoms with Crippen molar-refractivity contribution >= 4 is 38.4 Å². The van der Waals surface area contributed by atoms with Crippen molar-refractivity contribution in [3.05, 3.63) is 12.3 Å². The first-order valence-electron chi connectivity index (χ1n) is 7.91. The summed E-state index contributed by atoms with van der Waals surface area (Å²) >= 11 is 1.53. The quantitative estimate of drug-likeness (QED) is 0.931. The first-order chi connectivity index (χ1) is 11.2. The summed E-state index contributed by atoms with van der Waals surface area (Å²) in [6.07, 6.45) is 4.92. The van der Waals surface area contributed by atoms with Gasteiger partial charge in [0.1, 0.15) is 0 Å². The fourth-order valence-corrected chi connectivity index (χ4v) is 3.79. The number of aromatic nitrogens is 2. The van der Waals surface area contributed by atoms with Gasteiger partial charge in [0.25, 0.3) is 0 Å². The molecule has 1 aliphatic heterocycles. The third-order valence-electron chi connectivity index (χ3n) is 3.90. The fraction of sp³-hybridized carbons (Fsp3) is 0.500. The molecule has 1 aliphatic rings. The summed E-state index contributed by atoms with van der Waals surface area (Å²) in [6, 6.07) is 4.21. The van der Waals surface area contributed by atoms with E-state index in [4.69, 9.17) is 5.26 Å². The van der Waals surface area contributed by atoms with Gasteiger partial charge in [0.2, 0.25) is 5.91 Å². The zero-order chi connectivity index (χ0) is 16.2. The number of piperidine rings is 1. The van der Waals surface area contributed by atoms with Gasteiger partial charge in [-0.05, 0) is 25.3 Å². The van der Waals surface area contributed by atoms with E-state index in [2.05, 4.69) is 26.3 Å². The molecular weight excluding hydrogens is 310 g/mol. The van der Waals surface area contributed by atoms with Crippen molar-refractivity contribution in [3.8, 4) is 6.07 Å². The van der Waals surface area contributed by atoms with E-state index in [0.29, 0.717) is 12.2 Å². The molecule has 2 aromatic heterocycles. The van der Waals surface area contributed by atoms with Crippen molar-refractivity contribution in [3.63, 3.8) is 0 Å². The number of thiazole rings is 1. The van der Waals surface area contributed by atoms with Crippen LogP contribution in [0, 0.1) is 17.2 Å². The minimum atomic E-state index is -0.0232. The number of anilines is 2. The average Bonchev–Trinajstić information content (AvgIpc) is 3.00. The van der Waals surface area contributed by atoms with Crippen molar-refractivity contribution in [2.75, 3.05) is 23.3 Å². The predicted octanol–water partition coefficient (Wildman–Crippen LogP) is 3.17. The summed E-state index contributed by atoms with van der Waals surface area (Å²) in [6.45, 7) is 3.62. The zero-order valence-corrected chi connectivity index (χ0v) is 13.9. The van der Waals surface area contributed by atoms with E-state index < -0.39 is 0 Å². The number of pyridine rings is 1. The van der Waals surface area contributed by atoms with Gasteiger partial charge in [-0.1, -0.05) is 18.3 Å². The molecule has 1 fully saturated rings. The average molecular weight is 329 g/mol. The van der Waals surface area contributed by atoms with Crippen LogP contribution in [-0.2, 0) is 4.79 Å². The van der Waals surface area contributed by atoms with Gasteiger partial charge in [0.15, 0.2) is 10.9 Å². The Morgan fingerprint density at radius 1 is 1.61 bits per heavy atom. The lowest BCUT2D eigenvalue weighted by molar-refractivity contribution is -0.116. The second-order valence-corrected chi connectivity index (χ2v) is 6.69. The maximum Gasteiger partial charge on any atom is 0.225 e. The highest BCUT2D eigenvalue weighted by Crippen LogP contribution is 2.34. The van der Waals surface area contributed by atoms with Crippen LogP contribution >= 0.6 is 11.3 Å². The Balaban J connectivity index is 1.87. The fourth-order valence-electron chi connectivity index (χ4n) is 2.75. The van der Waals surface area contributed by atoms with Crippen molar-refractivity contribution in [1.29, 1.82) is 5.26 Å². The summed E-state index contributed by atoms with van der Waals surface area (Å²) < 4.78 is 0.894. The molecule has 0 bridgehead atoms. The highest BCUT2D eigenvalue weighted by Gasteiger charge is 2.23. The maximum atomic E-state index is 11.8. The van der Waals surface area contributed by atoms with Crippen LogP contribution in [0.5, 0.6) is 0 Å². The molecule has 0 saturated carbocycles. The molecule has 1 saturated heterocycles. The molecule has 0 aliphatic carbocycles. The summed E-state index contributed by atoms with van der Waals surface area (Å²) in [5.41, 5.74) is 0.839. The molecule has 7 heteroatoms. The molecule has 0 spiro atoms. The number of nitriles is 1. The molecular formula is C16H19N5OS. The Kier molecular flexibility index (Phi) is 4.72. The van der Waals surface area contributed by atoms with Crippen LogP contribution in [0.4, 0.5) is 10.9 Å². The van der Waals surface area contributed by atoms with Crippen LogP contribution in [0.25, 0.3) is 10.2 Å². The Morgan fingerprint density at radius 3 is 3.26 bits per heavy atom. The van der Waals surface area contributed by atoms with E-state index in [1.54, 1.807) is 6.20 Å². The topological polar surface area (TPSA) is 81.9 Å². The number of nitrogens with zero attached hydrogens (tertiary/aromatic N) is 4. The number of rotatable bonds is 4. The summed E-state index contributed by atoms with van der Waals surface area (Å²) in [5, 5.41) is 12.9. The number of carbonyl (C=O) groups excluding carboxylic acids is 1. The molecule has 1 N–H and O–H groups in total. The number of fused-ring (bicyclic) bond motifs is 1. The molecule has 1 amide bonds. The molecule has 1 atom stereocenters. The van der Waals surface area contributed by atoms with E-state index in [1.165, 1.54) is 11.3 Å². The van der Waals surface area contributed by atoms with Gasteiger partial charge in [-0.2, -0.15) is 5.26 Å². The summed E-state index contributed by atoms with van der Waals surface area (Å²) in [5.74, 6) is 0.626. The van der Waals surface area contributed by atoms with Crippen molar-refractivity contribution in [2.24, 2.45) is 5.92 Å². The van der Waals surface area contributed by atoms with Gasteiger partial charge < -0.3 is 10.2 Å². The van der Waals surface area contributed by atoms with Crippen molar-refractivity contribution in [1.82, 2.24) is 9.97 Å². The van der Waals surface area contributed by atoms with E-state index in [0.717, 1.165) is 47.7 Å². The summed E-state index contributed by atoms with van der Waals surface area (Å²) in [7, 11) is 0. The first-order valence-corrected chi connectivity index (χ1v) is 8.73.